The highest BCUT2D eigenvalue weighted by Crippen LogP contribution is 2.18. The van der Waals surface area contributed by atoms with E-state index in [4.69, 9.17) is 4.74 Å². The molecule has 0 bridgehead atoms. The molecule has 0 aromatic carbocycles. The highest BCUT2D eigenvalue weighted by Gasteiger charge is 2.24. The first-order valence-corrected chi connectivity index (χ1v) is 28.7. The SMILES string of the molecule is CCC/C=C/C=C/C=C/C=C/C=C/CCCCCCCC(=O)OC(CCCCC/C=C/C=C/C=C/C=C/CCCCC)CC(=O)NC(CO)C(O)CCCCCCCCCCCCCCCCCC. The molecule has 3 N–H and O–H groups in total. The quantitative estimate of drug-likeness (QED) is 0.0321. The third-order valence-electron chi connectivity index (χ3n) is 12.5. The van der Waals surface area contributed by atoms with Crippen LogP contribution in [0.1, 0.15) is 252 Å². The summed E-state index contributed by atoms with van der Waals surface area (Å²) < 4.78 is 5.93. The Bertz CT molecular complexity index is 1400. The van der Waals surface area contributed by atoms with Crippen LogP contribution in [-0.4, -0.2) is 46.9 Å². The molecule has 0 heterocycles. The number of aliphatic hydroxyl groups excluding tert-OH is 2. The number of ether oxygens (including phenoxy) is 1. The Morgan fingerprint density at radius 3 is 1.22 bits per heavy atom. The highest BCUT2D eigenvalue weighted by atomic mass is 16.5. The lowest BCUT2D eigenvalue weighted by Gasteiger charge is -2.24. The van der Waals surface area contributed by atoms with Crippen LogP contribution < -0.4 is 5.32 Å². The molecule has 3 atom stereocenters. The molecule has 0 saturated heterocycles. The van der Waals surface area contributed by atoms with E-state index in [1.165, 1.54) is 109 Å². The molecule has 0 radical (unpaired) electrons. The molecule has 0 aliphatic rings. The van der Waals surface area contributed by atoms with Crippen LogP contribution in [0, 0.1) is 0 Å². The van der Waals surface area contributed by atoms with Crippen molar-refractivity contribution in [2.24, 2.45) is 0 Å². The van der Waals surface area contributed by atoms with Gasteiger partial charge in [0.25, 0.3) is 0 Å². The van der Waals surface area contributed by atoms with E-state index in [0.29, 0.717) is 19.3 Å². The van der Waals surface area contributed by atoms with Crippen LogP contribution in [0.2, 0.25) is 0 Å². The van der Waals surface area contributed by atoms with Crippen LogP contribution in [-0.2, 0) is 14.3 Å². The fourth-order valence-electron chi connectivity index (χ4n) is 8.18. The molecule has 6 heteroatoms. The molecule has 0 rings (SSSR count). The summed E-state index contributed by atoms with van der Waals surface area (Å²) in [6, 6.07) is -0.729. The maximum absolute atomic E-state index is 13.3. The molecule has 6 nitrogen and oxygen atoms in total. The van der Waals surface area contributed by atoms with Crippen LogP contribution in [0.5, 0.6) is 0 Å². The third kappa shape index (κ3) is 50.7. The minimum Gasteiger partial charge on any atom is -0.462 e. The fourth-order valence-corrected chi connectivity index (χ4v) is 8.18. The Morgan fingerprint density at radius 1 is 0.420 bits per heavy atom. The summed E-state index contributed by atoms with van der Waals surface area (Å²) in [5.74, 6) is -0.546. The number of hydrogen-bond acceptors (Lipinski definition) is 5. The van der Waals surface area contributed by atoms with Gasteiger partial charge in [-0.2, -0.15) is 0 Å². The van der Waals surface area contributed by atoms with Crippen LogP contribution in [0.4, 0.5) is 0 Å². The minimum absolute atomic E-state index is 0.0346. The third-order valence-corrected chi connectivity index (χ3v) is 12.5. The highest BCUT2D eigenvalue weighted by molar-refractivity contribution is 5.77. The van der Waals surface area contributed by atoms with Crippen molar-refractivity contribution >= 4 is 11.9 Å². The number of amides is 1. The second kappa shape index (κ2) is 55.4. The molecule has 0 aliphatic heterocycles. The Kier molecular flexibility index (Phi) is 52.7. The summed E-state index contributed by atoms with van der Waals surface area (Å²) in [7, 11) is 0. The number of aliphatic hydroxyl groups is 2. The zero-order valence-corrected chi connectivity index (χ0v) is 44.9. The van der Waals surface area contributed by atoms with Gasteiger partial charge in [0, 0.05) is 6.42 Å². The molecular formula is C63H107NO5. The average molecular weight is 959 g/mol. The first-order valence-electron chi connectivity index (χ1n) is 28.7. The van der Waals surface area contributed by atoms with Gasteiger partial charge >= 0.3 is 5.97 Å². The number of nitrogens with one attached hydrogen (secondary N) is 1. The average Bonchev–Trinajstić information content (AvgIpc) is 3.34. The molecule has 1 amide bonds. The van der Waals surface area contributed by atoms with E-state index in [0.717, 1.165) is 96.3 Å². The van der Waals surface area contributed by atoms with Crippen molar-refractivity contribution in [2.75, 3.05) is 6.61 Å². The van der Waals surface area contributed by atoms with Gasteiger partial charge in [-0.3, -0.25) is 9.59 Å². The number of carbonyl (C=O) groups excluding carboxylic acids is 2. The van der Waals surface area contributed by atoms with Crippen LogP contribution in [0.15, 0.2) is 109 Å². The lowest BCUT2D eigenvalue weighted by atomic mass is 10.0. The van der Waals surface area contributed by atoms with Gasteiger partial charge in [-0.15, -0.1) is 0 Å². The molecule has 0 fully saturated rings. The topological polar surface area (TPSA) is 95.9 Å². The molecule has 0 aliphatic carbocycles. The normalized spacial score (nSPS) is 14.0. The summed E-state index contributed by atoms with van der Waals surface area (Å²) in [6.07, 6.45) is 75.7. The summed E-state index contributed by atoms with van der Waals surface area (Å²) in [4.78, 5) is 26.3. The lowest BCUT2D eigenvalue weighted by Crippen LogP contribution is -2.46. The first kappa shape index (κ1) is 65.5. The zero-order chi connectivity index (χ0) is 50.2. The molecule has 0 aromatic heterocycles. The monoisotopic (exact) mass is 958 g/mol. The van der Waals surface area contributed by atoms with Crippen molar-refractivity contribution in [1.82, 2.24) is 5.32 Å². The number of esters is 1. The number of unbranched alkanes of at least 4 members (excludes halogenated alkanes) is 27. The molecule has 0 saturated carbocycles. The van der Waals surface area contributed by atoms with E-state index >= 15 is 0 Å². The number of carbonyl (C=O) groups is 2. The maximum atomic E-state index is 13.3. The van der Waals surface area contributed by atoms with Crippen molar-refractivity contribution in [1.29, 1.82) is 0 Å². The van der Waals surface area contributed by atoms with Gasteiger partial charge in [0.15, 0.2) is 0 Å². The van der Waals surface area contributed by atoms with E-state index in [1.54, 1.807) is 0 Å². The molecular weight excluding hydrogens is 851 g/mol. The van der Waals surface area contributed by atoms with Gasteiger partial charge in [-0.1, -0.05) is 278 Å². The van der Waals surface area contributed by atoms with Crippen molar-refractivity contribution < 1.29 is 24.5 Å². The van der Waals surface area contributed by atoms with E-state index in [1.807, 2.05) is 30.4 Å². The minimum atomic E-state index is -0.812. The van der Waals surface area contributed by atoms with Crippen molar-refractivity contribution in [2.45, 2.75) is 270 Å². The van der Waals surface area contributed by atoms with E-state index in [-0.39, 0.29) is 24.9 Å². The van der Waals surface area contributed by atoms with Gasteiger partial charge in [-0.25, -0.2) is 0 Å². The second-order valence-corrected chi connectivity index (χ2v) is 19.2. The Morgan fingerprint density at radius 2 is 0.768 bits per heavy atom. The van der Waals surface area contributed by atoms with Crippen molar-refractivity contribution in [3.8, 4) is 0 Å². The second-order valence-electron chi connectivity index (χ2n) is 19.2. The summed E-state index contributed by atoms with van der Waals surface area (Å²) in [6.45, 7) is 6.35. The molecule has 394 valence electrons. The van der Waals surface area contributed by atoms with Gasteiger partial charge in [0.05, 0.1) is 25.2 Å². The number of hydrogen-bond donors (Lipinski definition) is 3. The van der Waals surface area contributed by atoms with Gasteiger partial charge in [0.1, 0.15) is 6.10 Å². The molecule has 0 aromatic rings. The number of rotatable bonds is 50. The lowest BCUT2D eigenvalue weighted by molar-refractivity contribution is -0.151. The van der Waals surface area contributed by atoms with E-state index < -0.39 is 18.2 Å². The van der Waals surface area contributed by atoms with Gasteiger partial charge < -0.3 is 20.3 Å². The Hall–Kier alpha value is -3.48. The summed E-state index contributed by atoms with van der Waals surface area (Å²) >= 11 is 0. The Balaban J connectivity index is 4.71. The van der Waals surface area contributed by atoms with Crippen LogP contribution >= 0.6 is 0 Å². The summed E-state index contributed by atoms with van der Waals surface area (Å²) in [5.41, 5.74) is 0. The first-order chi connectivity index (χ1) is 34.0. The number of allylic oxidation sites excluding steroid dienone is 18. The molecule has 0 spiro atoms. The standard InChI is InChI=1S/C63H107NO5/c1-4-7-10-13-16-19-22-25-28-31-32-35-38-41-44-47-50-53-56-63(68)69-59(54-51-48-45-42-39-36-33-29-26-23-20-17-14-11-8-5-2)57-62(67)64-60(58-65)61(66)55-52-49-46-43-40-37-34-30-27-24-21-18-15-12-9-6-3/h10,13,16-17,19-20,22-23,25-26,28-29,31-33,35-36,39,59-61,65-66H,4-9,11-12,14-15,18,21,24,27,30,34,37-38,40-58H2,1-3H3,(H,64,67)/b13-10+,19-16+,20-17+,25-22+,26-23+,31-28+,33-29+,35-32+,39-36+. The summed E-state index contributed by atoms with van der Waals surface area (Å²) in [5, 5.41) is 23.9. The predicted octanol–water partition coefficient (Wildman–Crippen LogP) is 17.8. The van der Waals surface area contributed by atoms with Crippen LogP contribution in [0.3, 0.4) is 0 Å². The molecule has 3 unspecified atom stereocenters. The van der Waals surface area contributed by atoms with Crippen molar-refractivity contribution in [3.63, 3.8) is 0 Å². The van der Waals surface area contributed by atoms with Crippen molar-refractivity contribution in [3.05, 3.63) is 109 Å². The largest absolute Gasteiger partial charge is 0.462 e. The Labute approximate surface area is 426 Å². The zero-order valence-electron chi connectivity index (χ0n) is 44.9. The van der Waals surface area contributed by atoms with Gasteiger partial charge in [0.2, 0.25) is 5.91 Å². The smallest absolute Gasteiger partial charge is 0.306 e. The fraction of sp³-hybridized carbons (Fsp3) is 0.683. The van der Waals surface area contributed by atoms with Crippen LogP contribution in [0.25, 0.3) is 0 Å². The van der Waals surface area contributed by atoms with E-state index in [9.17, 15) is 19.8 Å². The predicted molar refractivity (Wildman–Crippen MR) is 300 cm³/mol. The van der Waals surface area contributed by atoms with Gasteiger partial charge in [-0.05, 0) is 70.6 Å². The molecule has 69 heavy (non-hydrogen) atoms. The van der Waals surface area contributed by atoms with E-state index in [2.05, 4.69) is 105 Å². The maximum Gasteiger partial charge on any atom is 0.306 e.